The van der Waals surface area contributed by atoms with E-state index in [0.29, 0.717) is 11.4 Å². The molecule has 0 aliphatic rings. The van der Waals surface area contributed by atoms with Gasteiger partial charge in [0.2, 0.25) is 0 Å². The quantitative estimate of drug-likeness (QED) is 0.497. The van der Waals surface area contributed by atoms with Gasteiger partial charge in [-0.3, -0.25) is 0 Å². The van der Waals surface area contributed by atoms with Gasteiger partial charge in [-0.15, -0.1) is 0 Å². The molecule has 2 rings (SSSR count). The second-order valence-corrected chi connectivity index (χ2v) is 3.68. The number of hydrogen-bond donors (Lipinski definition) is 5. The first kappa shape index (κ1) is 14.2. The van der Waals surface area contributed by atoms with E-state index in [1.807, 2.05) is 0 Å². The van der Waals surface area contributed by atoms with E-state index in [-0.39, 0.29) is 17.1 Å². The summed E-state index contributed by atoms with van der Waals surface area (Å²) < 4.78 is 0. The van der Waals surface area contributed by atoms with Crippen molar-refractivity contribution >= 4 is 17.3 Å². The third-order valence-electron chi connectivity index (χ3n) is 2.12. The second-order valence-electron chi connectivity index (χ2n) is 3.68. The maximum absolute atomic E-state index is 10.3. The highest BCUT2D eigenvalue weighted by Gasteiger charge is 2.07. The van der Waals surface area contributed by atoms with Gasteiger partial charge in [0.05, 0.1) is 0 Å². The minimum absolute atomic E-state index is 0.140. The molecular formula is C13H14N2O4. The summed E-state index contributed by atoms with van der Waals surface area (Å²) in [6, 6.07) is 10.4. The van der Waals surface area contributed by atoms with Crippen molar-refractivity contribution in [3.63, 3.8) is 0 Å². The summed E-state index contributed by atoms with van der Waals surface area (Å²) in [5, 5.41) is 26.2. The van der Waals surface area contributed by atoms with E-state index in [0.717, 1.165) is 0 Å². The van der Waals surface area contributed by atoms with Crippen molar-refractivity contribution in [2.24, 2.45) is 0 Å². The number of hydrogen-bond acceptors (Lipinski definition) is 5. The lowest BCUT2D eigenvalue weighted by molar-refractivity contribution is 0.0694. The van der Waals surface area contributed by atoms with E-state index in [4.69, 9.17) is 26.8 Å². The number of nitrogens with two attached hydrogens (primary N) is 2. The number of carboxylic acids is 1. The summed E-state index contributed by atoms with van der Waals surface area (Å²) in [6.45, 7) is 0. The Morgan fingerprint density at radius 1 is 0.947 bits per heavy atom. The number of rotatable bonds is 1. The van der Waals surface area contributed by atoms with Crippen molar-refractivity contribution in [1.29, 1.82) is 0 Å². The Morgan fingerprint density at radius 2 is 1.58 bits per heavy atom. The van der Waals surface area contributed by atoms with Gasteiger partial charge in [0, 0.05) is 23.5 Å². The predicted octanol–water partition coefficient (Wildman–Crippen LogP) is 1.65. The van der Waals surface area contributed by atoms with Crippen molar-refractivity contribution in [2.75, 3.05) is 11.5 Å². The highest BCUT2D eigenvalue weighted by atomic mass is 16.4. The van der Waals surface area contributed by atoms with Crippen LogP contribution in [0.4, 0.5) is 11.4 Å². The van der Waals surface area contributed by atoms with Crippen LogP contribution in [0.1, 0.15) is 10.4 Å². The average Bonchev–Trinajstić information content (AvgIpc) is 2.28. The van der Waals surface area contributed by atoms with Crippen molar-refractivity contribution < 1.29 is 20.1 Å². The van der Waals surface area contributed by atoms with Crippen LogP contribution in [0.25, 0.3) is 0 Å². The Bertz CT molecular complexity index is 567. The summed E-state index contributed by atoms with van der Waals surface area (Å²) in [7, 11) is 0. The fraction of sp³-hybridized carbons (Fsp3) is 0. The molecule has 0 amide bonds. The molecule has 100 valence electrons. The van der Waals surface area contributed by atoms with Crippen LogP contribution in [0.2, 0.25) is 0 Å². The largest absolute Gasteiger partial charge is 0.508 e. The maximum Gasteiger partial charge on any atom is 0.339 e. The number of anilines is 2. The number of carbonyl (C=O) groups is 1. The molecule has 0 aliphatic heterocycles. The van der Waals surface area contributed by atoms with Gasteiger partial charge in [-0.2, -0.15) is 0 Å². The van der Waals surface area contributed by atoms with Gasteiger partial charge < -0.3 is 26.8 Å². The minimum Gasteiger partial charge on any atom is -0.508 e. The Balaban J connectivity index is 0.000000200. The minimum atomic E-state index is -1.16. The number of benzene rings is 2. The number of carboxylic acid groups (broad SMARTS) is 1. The van der Waals surface area contributed by atoms with Crippen LogP contribution in [0.3, 0.4) is 0 Å². The number of phenols is 2. The topological polar surface area (TPSA) is 130 Å². The molecule has 0 heterocycles. The number of aromatic hydroxyl groups is 2. The molecule has 0 aromatic heterocycles. The fourth-order valence-corrected chi connectivity index (χ4v) is 1.25. The van der Waals surface area contributed by atoms with Crippen LogP contribution in [0.15, 0.2) is 42.5 Å². The standard InChI is InChI=1S/C7H7NO3.C6H7NO/c8-4-1-2-5(7(10)11)6(9)3-4;7-5-2-1-3-6(8)4-5/h1-3,9H,8H2,(H,10,11);1-4,8H,7H2. The van der Waals surface area contributed by atoms with Crippen molar-refractivity contribution in [3.8, 4) is 11.5 Å². The molecule has 0 saturated heterocycles. The van der Waals surface area contributed by atoms with Crippen LogP contribution in [-0.4, -0.2) is 21.3 Å². The predicted molar refractivity (Wildman–Crippen MR) is 72.0 cm³/mol. The van der Waals surface area contributed by atoms with E-state index in [2.05, 4.69) is 0 Å². The average molecular weight is 262 g/mol. The van der Waals surface area contributed by atoms with E-state index < -0.39 is 5.97 Å². The molecule has 0 fully saturated rings. The summed E-state index contributed by atoms with van der Waals surface area (Å²) in [4.78, 5) is 10.3. The van der Waals surface area contributed by atoms with Crippen LogP contribution in [0.5, 0.6) is 11.5 Å². The number of aromatic carboxylic acids is 1. The molecule has 0 saturated carbocycles. The van der Waals surface area contributed by atoms with Crippen LogP contribution in [0, 0.1) is 0 Å². The first-order valence-electron chi connectivity index (χ1n) is 5.26. The summed E-state index contributed by atoms with van der Waals surface area (Å²) in [6.07, 6.45) is 0. The highest BCUT2D eigenvalue weighted by Crippen LogP contribution is 2.19. The summed E-state index contributed by atoms with van der Waals surface area (Å²) in [5.41, 5.74) is 11.4. The number of phenolic OH excluding ortho intramolecular Hbond substituents is 1. The van der Waals surface area contributed by atoms with E-state index >= 15 is 0 Å². The maximum atomic E-state index is 10.3. The van der Waals surface area contributed by atoms with E-state index in [1.165, 1.54) is 24.3 Å². The molecule has 0 aliphatic carbocycles. The normalized spacial score (nSPS) is 9.26. The third kappa shape index (κ3) is 4.47. The van der Waals surface area contributed by atoms with Gasteiger partial charge in [0.1, 0.15) is 17.1 Å². The zero-order valence-electron chi connectivity index (χ0n) is 9.95. The molecule has 7 N–H and O–H groups in total. The molecule has 0 atom stereocenters. The summed E-state index contributed by atoms with van der Waals surface area (Å²) in [5.74, 6) is -1.26. The molecular weight excluding hydrogens is 248 g/mol. The molecule has 0 spiro atoms. The Kier molecular flexibility index (Phi) is 4.59. The van der Waals surface area contributed by atoms with Crippen molar-refractivity contribution in [1.82, 2.24) is 0 Å². The van der Waals surface area contributed by atoms with Crippen LogP contribution < -0.4 is 11.5 Å². The molecule has 0 bridgehead atoms. The Hall–Kier alpha value is -2.89. The molecule has 2 aromatic carbocycles. The Labute approximate surface area is 109 Å². The van der Waals surface area contributed by atoms with Crippen molar-refractivity contribution in [2.45, 2.75) is 0 Å². The second kappa shape index (κ2) is 6.15. The highest BCUT2D eigenvalue weighted by molar-refractivity contribution is 5.91. The fourth-order valence-electron chi connectivity index (χ4n) is 1.25. The molecule has 2 aromatic rings. The lowest BCUT2D eigenvalue weighted by Crippen LogP contribution is -1.97. The van der Waals surface area contributed by atoms with Gasteiger partial charge in [0.25, 0.3) is 0 Å². The van der Waals surface area contributed by atoms with Gasteiger partial charge in [-0.05, 0) is 24.3 Å². The third-order valence-corrected chi connectivity index (χ3v) is 2.12. The molecule has 19 heavy (non-hydrogen) atoms. The zero-order valence-corrected chi connectivity index (χ0v) is 9.95. The molecule has 6 nitrogen and oxygen atoms in total. The van der Waals surface area contributed by atoms with Crippen LogP contribution >= 0.6 is 0 Å². The smallest absolute Gasteiger partial charge is 0.339 e. The lowest BCUT2D eigenvalue weighted by atomic mass is 10.2. The van der Waals surface area contributed by atoms with Gasteiger partial charge >= 0.3 is 5.97 Å². The van der Waals surface area contributed by atoms with E-state index in [9.17, 15) is 4.79 Å². The molecule has 6 heteroatoms. The SMILES string of the molecule is Nc1ccc(C(=O)O)c(O)c1.Nc1cccc(O)c1. The first-order valence-corrected chi connectivity index (χ1v) is 5.26. The molecule has 0 radical (unpaired) electrons. The zero-order chi connectivity index (χ0) is 14.4. The van der Waals surface area contributed by atoms with Crippen molar-refractivity contribution in [3.05, 3.63) is 48.0 Å². The lowest BCUT2D eigenvalue weighted by Gasteiger charge is -1.98. The van der Waals surface area contributed by atoms with E-state index in [1.54, 1.807) is 18.2 Å². The van der Waals surface area contributed by atoms with Gasteiger partial charge in [-0.1, -0.05) is 6.07 Å². The van der Waals surface area contributed by atoms with Crippen LogP contribution in [-0.2, 0) is 0 Å². The monoisotopic (exact) mass is 262 g/mol. The Morgan fingerprint density at radius 3 is 2.00 bits per heavy atom. The van der Waals surface area contributed by atoms with Gasteiger partial charge in [0.15, 0.2) is 0 Å². The molecule has 0 unspecified atom stereocenters. The van der Waals surface area contributed by atoms with Gasteiger partial charge in [-0.25, -0.2) is 4.79 Å². The first-order chi connectivity index (χ1) is 8.90. The summed E-state index contributed by atoms with van der Waals surface area (Å²) >= 11 is 0. The number of nitrogen functional groups attached to an aromatic ring is 2.